The summed E-state index contributed by atoms with van der Waals surface area (Å²) in [6, 6.07) is -0.501. The molecule has 114 valence electrons. The van der Waals surface area contributed by atoms with Crippen LogP contribution in [-0.2, 0) is 9.59 Å². The van der Waals surface area contributed by atoms with Gasteiger partial charge in [0.15, 0.2) is 0 Å². The number of primary amides is 1. The first-order chi connectivity index (χ1) is 9.17. The number of nitrogens with two attached hydrogens (primary N) is 1. The lowest BCUT2D eigenvalue weighted by atomic mass is 9.82. The smallest absolute Gasteiger partial charge is 0.320 e. The number of amides is 3. The predicted octanol–water partition coefficient (Wildman–Crippen LogP) is 0.489. The number of hydrogen-bond acceptors (Lipinski definition) is 3. The van der Waals surface area contributed by atoms with Crippen LogP contribution in [0.2, 0.25) is 0 Å². The first kappa shape index (κ1) is 16.3. The van der Waals surface area contributed by atoms with Crippen molar-refractivity contribution in [2.24, 2.45) is 11.1 Å². The van der Waals surface area contributed by atoms with E-state index in [-0.39, 0.29) is 25.2 Å². The molecule has 3 N–H and O–H groups in total. The maximum Gasteiger partial charge on any atom is 0.320 e. The van der Waals surface area contributed by atoms with Gasteiger partial charge in [0.2, 0.25) is 5.91 Å². The molecule has 0 aromatic carbocycles. The maximum atomic E-state index is 12.4. The third-order valence-electron chi connectivity index (χ3n) is 3.68. The van der Waals surface area contributed by atoms with Crippen LogP contribution in [0, 0.1) is 5.41 Å². The van der Waals surface area contributed by atoms with Crippen molar-refractivity contribution in [3.05, 3.63) is 0 Å². The summed E-state index contributed by atoms with van der Waals surface area (Å²) in [5.74, 6) is -1.48. The van der Waals surface area contributed by atoms with Crippen molar-refractivity contribution in [3.8, 4) is 0 Å². The van der Waals surface area contributed by atoms with Crippen molar-refractivity contribution in [2.45, 2.75) is 39.7 Å². The quantitative estimate of drug-likeness (QED) is 0.784. The van der Waals surface area contributed by atoms with Gasteiger partial charge < -0.3 is 20.6 Å². The summed E-state index contributed by atoms with van der Waals surface area (Å²) in [5, 5.41) is 9.26. The summed E-state index contributed by atoms with van der Waals surface area (Å²) in [4.78, 5) is 37.7. The summed E-state index contributed by atoms with van der Waals surface area (Å²) >= 11 is 0. The van der Waals surface area contributed by atoms with Crippen LogP contribution in [0.25, 0.3) is 0 Å². The summed E-state index contributed by atoms with van der Waals surface area (Å²) in [7, 11) is 0. The lowest BCUT2D eigenvalue weighted by Gasteiger charge is -2.40. The Balaban J connectivity index is 2.84. The first-order valence-electron chi connectivity index (χ1n) is 6.74. The van der Waals surface area contributed by atoms with E-state index >= 15 is 0 Å². The molecule has 1 fully saturated rings. The fourth-order valence-electron chi connectivity index (χ4n) is 2.40. The third kappa shape index (κ3) is 3.61. The molecule has 0 aromatic rings. The van der Waals surface area contributed by atoms with Crippen molar-refractivity contribution in [1.29, 1.82) is 0 Å². The molecule has 0 aromatic heterocycles. The number of hydrogen-bond donors (Lipinski definition) is 2. The van der Waals surface area contributed by atoms with Crippen LogP contribution < -0.4 is 5.73 Å². The highest BCUT2D eigenvalue weighted by molar-refractivity contribution is 5.84. The minimum Gasteiger partial charge on any atom is -0.481 e. The second kappa shape index (κ2) is 6.11. The van der Waals surface area contributed by atoms with E-state index in [0.29, 0.717) is 19.4 Å². The molecule has 1 aliphatic heterocycles. The lowest BCUT2D eigenvalue weighted by Crippen LogP contribution is -2.55. The Morgan fingerprint density at radius 1 is 1.40 bits per heavy atom. The summed E-state index contributed by atoms with van der Waals surface area (Å²) in [5.41, 5.74) is 4.23. The molecular weight excluding hydrogens is 262 g/mol. The molecule has 0 bridgehead atoms. The van der Waals surface area contributed by atoms with Crippen LogP contribution in [0.5, 0.6) is 0 Å². The molecule has 1 unspecified atom stereocenters. The van der Waals surface area contributed by atoms with Crippen molar-refractivity contribution in [2.75, 3.05) is 19.6 Å². The Morgan fingerprint density at radius 3 is 2.45 bits per heavy atom. The van der Waals surface area contributed by atoms with Gasteiger partial charge in [-0.2, -0.15) is 0 Å². The first-order valence-corrected chi connectivity index (χ1v) is 6.74. The average molecular weight is 285 g/mol. The van der Waals surface area contributed by atoms with E-state index in [1.165, 1.54) is 9.80 Å². The highest BCUT2D eigenvalue weighted by atomic mass is 16.4. The molecule has 0 saturated carbocycles. The molecule has 1 saturated heterocycles. The SMILES string of the molecule is CC(C)N(CC(N)=O)C(=O)N1CCCC(C)(C(=O)O)C1. The zero-order valence-corrected chi connectivity index (χ0v) is 12.3. The Morgan fingerprint density at radius 2 is 2.00 bits per heavy atom. The maximum absolute atomic E-state index is 12.4. The number of carbonyl (C=O) groups is 3. The molecule has 7 nitrogen and oxygen atoms in total. The van der Waals surface area contributed by atoms with Crippen LogP contribution in [0.15, 0.2) is 0 Å². The van der Waals surface area contributed by atoms with Gasteiger partial charge in [-0.25, -0.2) is 4.79 Å². The van der Waals surface area contributed by atoms with E-state index in [1.807, 2.05) is 0 Å². The van der Waals surface area contributed by atoms with Crippen molar-refractivity contribution >= 4 is 17.9 Å². The molecular formula is C13H23N3O4. The topological polar surface area (TPSA) is 104 Å². The van der Waals surface area contributed by atoms with Gasteiger partial charge in [-0.3, -0.25) is 9.59 Å². The molecule has 20 heavy (non-hydrogen) atoms. The van der Waals surface area contributed by atoms with Crippen LogP contribution in [0.4, 0.5) is 4.79 Å². The highest BCUT2D eigenvalue weighted by Gasteiger charge is 2.40. The highest BCUT2D eigenvalue weighted by Crippen LogP contribution is 2.30. The molecule has 1 aliphatic rings. The predicted molar refractivity (Wildman–Crippen MR) is 73.0 cm³/mol. The number of piperidine rings is 1. The minimum atomic E-state index is -0.927. The van der Waals surface area contributed by atoms with Crippen LogP contribution >= 0.6 is 0 Å². The Kier molecular flexibility index (Phi) is 4.97. The van der Waals surface area contributed by atoms with Gasteiger partial charge in [-0.15, -0.1) is 0 Å². The molecule has 0 spiro atoms. The summed E-state index contributed by atoms with van der Waals surface area (Å²) in [6.07, 6.45) is 1.18. The van der Waals surface area contributed by atoms with Crippen molar-refractivity contribution in [3.63, 3.8) is 0 Å². The number of nitrogens with zero attached hydrogens (tertiary/aromatic N) is 2. The molecule has 0 radical (unpaired) electrons. The van der Waals surface area contributed by atoms with E-state index < -0.39 is 17.3 Å². The normalized spacial score (nSPS) is 22.7. The summed E-state index contributed by atoms with van der Waals surface area (Å²) in [6.45, 7) is 5.73. The fourth-order valence-corrected chi connectivity index (χ4v) is 2.40. The van der Waals surface area contributed by atoms with Crippen LogP contribution in [-0.4, -0.2) is 58.5 Å². The lowest BCUT2D eigenvalue weighted by molar-refractivity contribution is -0.150. The number of carboxylic acids is 1. The van der Waals surface area contributed by atoms with E-state index in [1.54, 1.807) is 20.8 Å². The number of carboxylic acid groups (broad SMARTS) is 1. The zero-order valence-electron chi connectivity index (χ0n) is 12.3. The number of urea groups is 1. The Hall–Kier alpha value is -1.79. The monoisotopic (exact) mass is 285 g/mol. The fraction of sp³-hybridized carbons (Fsp3) is 0.769. The van der Waals surface area contributed by atoms with Gasteiger partial charge in [0.05, 0.1) is 5.41 Å². The van der Waals surface area contributed by atoms with E-state index in [0.717, 1.165) is 0 Å². The zero-order chi connectivity index (χ0) is 15.5. The summed E-state index contributed by atoms with van der Waals surface area (Å²) < 4.78 is 0. The standard InChI is InChI=1S/C13H23N3O4/c1-9(2)16(7-10(14)17)12(20)15-6-4-5-13(3,8-15)11(18)19/h9H,4-8H2,1-3H3,(H2,14,17)(H,18,19). The number of likely N-dealkylation sites (tertiary alicyclic amines) is 1. The average Bonchev–Trinajstić information content (AvgIpc) is 2.34. The molecule has 1 heterocycles. The Labute approximate surface area is 118 Å². The second-order valence-corrected chi connectivity index (χ2v) is 5.86. The van der Waals surface area contributed by atoms with E-state index in [9.17, 15) is 19.5 Å². The van der Waals surface area contributed by atoms with Gasteiger partial charge in [0.1, 0.15) is 6.54 Å². The van der Waals surface area contributed by atoms with E-state index in [4.69, 9.17) is 5.73 Å². The van der Waals surface area contributed by atoms with Gasteiger partial charge in [0, 0.05) is 19.1 Å². The van der Waals surface area contributed by atoms with Crippen molar-refractivity contribution < 1.29 is 19.5 Å². The van der Waals surface area contributed by atoms with Gasteiger partial charge in [-0.1, -0.05) is 0 Å². The number of aliphatic carboxylic acids is 1. The van der Waals surface area contributed by atoms with Gasteiger partial charge >= 0.3 is 12.0 Å². The van der Waals surface area contributed by atoms with Crippen LogP contribution in [0.3, 0.4) is 0 Å². The molecule has 7 heteroatoms. The Bertz CT molecular complexity index is 410. The van der Waals surface area contributed by atoms with Crippen LogP contribution in [0.1, 0.15) is 33.6 Å². The molecule has 1 rings (SSSR count). The van der Waals surface area contributed by atoms with Gasteiger partial charge in [-0.05, 0) is 33.6 Å². The molecule has 1 atom stereocenters. The third-order valence-corrected chi connectivity index (χ3v) is 3.68. The minimum absolute atomic E-state index is 0.156. The molecule has 3 amide bonds. The second-order valence-electron chi connectivity index (χ2n) is 5.86. The number of rotatable bonds is 4. The number of carbonyl (C=O) groups excluding carboxylic acids is 2. The van der Waals surface area contributed by atoms with Gasteiger partial charge in [0.25, 0.3) is 0 Å². The van der Waals surface area contributed by atoms with Crippen molar-refractivity contribution in [1.82, 2.24) is 9.80 Å². The van der Waals surface area contributed by atoms with E-state index in [2.05, 4.69) is 0 Å². The largest absolute Gasteiger partial charge is 0.481 e. The molecule has 0 aliphatic carbocycles.